The van der Waals surface area contributed by atoms with E-state index >= 15 is 0 Å². The molecule has 1 aromatic rings. The van der Waals surface area contributed by atoms with E-state index in [0.29, 0.717) is 29.0 Å². The molecule has 0 aromatic heterocycles. The fraction of sp³-hybridized carbons (Fsp3) is 0.542. The molecule has 0 radical (unpaired) electrons. The molecule has 30 heavy (non-hydrogen) atoms. The van der Waals surface area contributed by atoms with Gasteiger partial charge in [0, 0.05) is 18.6 Å². The third-order valence-corrected chi connectivity index (χ3v) is 8.07. The maximum atomic E-state index is 13.6. The lowest BCUT2D eigenvalue weighted by Gasteiger charge is -2.58. The first-order chi connectivity index (χ1) is 14.6. The fourth-order valence-corrected chi connectivity index (χ4v) is 6.86. The molecule has 0 spiro atoms. The molecule has 3 fully saturated rings. The normalized spacial score (nSPS) is 33.2. The number of aryl methyl sites for hydroxylation is 1. The molecule has 0 aliphatic carbocycles. The average Bonchev–Trinajstić information content (AvgIpc) is 3.01. The van der Waals surface area contributed by atoms with E-state index < -0.39 is 0 Å². The lowest BCUT2D eigenvalue weighted by molar-refractivity contribution is -0.144. The summed E-state index contributed by atoms with van der Waals surface area (Å²) < 4.78 is 0. The molecule has 6 nitrogen and oxygen atoms in total. The van der Waals surface area contributed by atoms with Gasteiger partial charge in [-0.3, -0.25) is 19.3 Å². The molecule has 156 valence electrons. The zero-order valence-electron chi connectivity index (χ0n) is 17.3. The molecule has 3 amide bonds. The number of benzene rings is 1. The van der Waals surface area contributed by atoms with Gasteiger partial charge < -0.3 is 4.90 Å². The van der Waals surface area contributed by atoms with E-state index in [9.17, 15) is 14.4 Å². The highest BCUT2D eigenvalue weighted by molar-refractivity contribution is 6.25. The highest BCUT2D eigenvalue weighted by Crippen LogP contribution is 2.45. The van der Waals surface area contributed by atoms with Crippen LogP contribution in [-0.2, 0) is 4.79 Å². The summed E-state index contributed by atoms with van der Waals surface area (Å²) in [6.07, 6.45) is 7.32. The third kappa shape index (κ3) is 2.37. The van der Waals surface area contributed by atoms with Crippen molar-refractivity contribution in [1.29, 1.82) is 0 Å². The first-order valence-corrected chi connectivity index (χ1v) is 11.3. The SMILES string of the molecule is Cc1cccc2c1C(=O)N(C1=CC[C@@H]3[C@H]4CCCN5CCC[C@@H](CN3C1=O)[C@@H]45)C2=O. The second-order valence-corrected chi connectivity index (χ2v) is 9.53. The summed E-state index contributed by atoms with van der Waals surface area (Å²) >= 11 is 0. The number of nitrogens with zero attached hydrogens (tertiary/aromatic N) is 3. The van der Waals surface area contributed by atoms with Crippen molar-refractivity contribution in [2.24, 2.45) is 11.8 Å². The Bertz CT molecular complexity index is 997. The van der Waals surface area contributed by atoms with Crippen LogP contribution in [0.3, 0.4) is 0 Å². The largest absolute Gasteiger partial charge is 0.333 e. The summed E-state index contributed by atoms with van der Waals surface area (Å²) in [5, 5.41) is 0. The van der Waals surface area contributed by atoms with Crippen molar-refractivity contribution in [1.82, 2.24) is 14.7 Å². The van der Waals surface area contributed by atoms with Gasteiger partial charge in [-0.25, -0.2) is 4.90 Å². The van der Waals surface area contributed by atoms with Gasteiger partial charge >= 0.3 is 0 Å². The Morgan fingerprint density at radius 3 is 2.57 bits per heavy atom. The van der Waals surface area contributed by atoms with E-state index in [1.807, 2.05) is 24.0 Å². The van der Waals surface area contributed by atoms with Crippen LogP contribution in [0.15, 0.2) is 30.0 Å². The number of piperidine rings is 3. The molecular formula is C24H27N3O3. The van der Waals surface area contributed by atoms with Crippen LogP contribution in [0.1, 0.15) is 58.4 Å². The minimum absolute atomic E-state index is 0.139. The van der Waals surface area contributed by atoms with Crippen molar-refractivity contribution in [2.45, 2.75) is 51.1 Å². The predicted octanol–water partition coefficient (Wildman–Crippen LogP) is 2.58. The Kier molecular flexibility index (Phi) is 3.97. The second kappa shape index (κ2) is 6.51. The Hall–Kier alpha value is -2.47. The molecule has 4 atom stereocenters. The molecule has 0 N–H and O–H groups in total. The van der Waals surface area contributed by atoms with Crippen LogP contribution in [0, 0.1) is 18.8 Å². The van der Waals surface area contributed by atoms with Crippen LogP contribution in [0.5, 0.6) is 0 Å². The summed E-state index contributed by atoms with van der Waals surface area (Å²) in [6.45, 7) is 4.96. The molecule has 5 aliphatic heterocycles. The van der Waals surface area contributed by atoms with E-state index in [1.54, 1.807) is 12.1 Å². The van der Waals surface area contributed by atoms with Gasteiger partial charge in [-0.2, -0.15) is 0 Å². The minimum Gasteiger partial charge on any atom is -0.333 e. The highest BCUT2D eigenvalue weighted by Gasteiger charge is 2.52. The number of hydrogen-bond donors (Lipinski definition) is 0. The smallest absolute Gasteiger partial charge is 0.271 e. The molecule has 0 bridgehead atoms. The van der Waals surface area contributed by atoms with Crippen molar-refractivity contribution in [2.75, 3.05) is 19.6 Å². The number of amides is 3. The van der Waals surface area contributed by atoms with Crippen molar-refractivity contribution in [3.8, 4) is 0 Å². The van der Waals surface area contributed by atoms with E-state index in [-0.39, 0.29) is 29.5 Å². The minimum atomic E-state index is -0.367. The van der Waals surface area contributed by atoms with Crippen LogP contribution in [0.4, 0.5) is 0 Å². The van der Waals surface area contributed by atoms with Crippen LogP contribution in [-0.4, -0.2) is 64.1 Å². The molecule has 1 aromatic carbocycles. The molecule has 3 saturated heterocycles. The van der Waals surface area contributed by atoms with E-state index in [0.717, 1.165) is 23.4 Å². The third-order valence-electron chi connectivity index (χ3n) is 8.07. The lowest BCUT2D eigenvalue weighted by atomic mass is 9.68. The number of carbonyl (C=O) groups is 3. The Labute approximate surface area is 176 Å². The standard InChI is InChI=1S/C24H27N3O3/c1-14-5-2-7-17-20(14)24(30)27(22(17)28)19-10-9-18-16-8-4-12-25-11-3-6-15(21(16)25)13-26(18)23(19)29/h2,5,7,10,15-16,18,21H,3-4,6,8-9,11-13H2,1H3/t15-,16+,18+,21-/m0/s1. The van der Waals surface area contributed by atoms with Crippen molar-refractivity contribution in [3.05, 3.63) is 46.7 Å². The van der Waals surface area contributed by atoms with Crippen LogP contribution >= 0.6 is 0 Å². The van der Waals surface area contributed by atoms with Gasteiger partial charge in [-0.1, -0.05) is 18.2 Å². The monoisotopic (exact) mass is 405 g/mol. The van der Waals surface area contributed by atoms with Crippen LogP contribution in [0.25, 0.3) is 0 Å². The summed E-state index contributed by atoms with van der Waals surface area (Å²) in [5.74, 6) is 0.146. The fourth-order valence-electron chi connectivity index (χ4n) is 6.86. The lowest BCUT2D eigenvalue weighted by Crippen LogP contribution is -2.66. The van der Waals surface area contributed by atoms with Crippen molar-refractivity contribution < 1.29 is 14.4 Å². The summed E-state index contributed by atoms with van der Waals surface area (Å²) in [5.41, 5.74) is 1.89. The van der Waals surface area contributed by atoms with Crippen LogP contribution in [0.2, 0.25) is 0 Å². The number of carbonyl (C=O) groups excluding carboxylic acids is 3. The molecule has 5 heterocycles. The number of fused-ring (bicyclic) bond motifs is 3. The maximum absolute atomic E-state index is 13.6. The molecule has 5 aliphatic rings. The summed E-state index contributed by atoms with van der Waals surface area (Å²) in [7, 11) is 0. The molecule has 6 rings (SSSR count). The van der Waals surface area contributed by atoms with E-state index in [2.05, 4.69) is 4.90 Å². The first kappa shape index (κ1) is 18.3. The highest BCUT2D eigenvalue weighted by atomic mass is 16.2. The number of rotatable bonds is 1. The number of imide groups is 1. The molecule has 0 unspecified atom stereocenters. The predicted molar refractivity (Wildman–Crippen MR) is 111 cm³/mol. The van der Waals surface area contributed by atoms with Gasteiger partial charge in [0.25, 0.3) is 17.7 Å². The van der Waals surface area contributed by atoms with Gasteiger partial charge in [0.05, 0.1) is 11.1 Å². The number of hydrogen-bond acceptors (Lipinski definition) is 4. The molecule has 6 heteroatoms. The van der Waals surface area contributed by atoms with Gasteiger partial charge in [0.2, 0.25) is 0 Å². The summed E-state index contributed by atoms with van der Waals surface area (Å²) in [6, 6.07) is 6.10. The van der Waals surface area contributed by atoms with Gasteiger partial charge in [0.15, 0.2) is 0 Å². The van der Waals surface area contributed by atoms with E-state index in [1.165, 1.54) is 38.8 Å². The maximum Gasteiger partial charge on any atom is 0.271 e. The zero-order chi connectivity index (χ0) is 20.6. The average molecular weight is 405 g/mol. The van der Waals surface area contributed by atoms with Crippen LogP contribution < -0.4 is 0 Å². The Morgan fingerprint density at radius 1 is 0.967 bits per heavy atom. The zero-order valence-corrected chi connectivity index (χ0v) is 17.3. The van der Waals surface area contributed by atoms with Gasteiger partial charge in [-0.05, 0) is 75.6 Å². The molecule has 0 saturated carbocycles. The topological polar surface area (TPSA) is 60.9 Å². The molecular weight excluding hydrogens is 378 g/mol. The van der Waals surface area contributed by atoms with Crippen molar-refractivity contribution in [3.63, 3.8) is 0 Å². The van der Waals surface area contributed by atoms with Gasteiger partial charge in [0.1, 0.15) is 5.70 Å². The quantitative estimate of drug-likeness (QED) is 0.674. The first-order valence-electron chi connectivity index (χ1n) is 11.3. The Morgan fingerprint density at radius 2 is 1.77 bits per heavy atom. The Balaban J connectivity index is 1.35. The van der Waals surface area contributed by atoms with E-state index in [4.69, 9.17) is 0 Å². The summed E-state index contributed by atoms with van der Waals surface area (Å²) in [4.78, 5) is 45.6. The van der Waals surface area contributed by atoms with Crippen molar-refractivity contribution >= 4 is 17.7 Å². The second-order valence-electron chi connectivity index (χ2n) is 9.53. The van der Waals surface area contributed by atoms with Gasteiger partial charge in [-0.15, -0.1) is 0 Å².